The Labute approximate surface area is 100 Å². The summed E-state index contributed by atoms with van der Waals surface area (Å²) >= 11 is 0. The molecule has 2 amide bonds. The van der Waals surface area contributed by atoms with Gasteiger partial charge in [0.15, 0.2) is 0 Å². The zero-order valence-corrected chi connectivity index (χ0v) is 10.1. The zero-order valence-electron chi connectivity index (χ0n) is 10.1. The molecule has 0 spiro atoms. The number of amides is 2. The third-order valence-electron chi connectivity index (χ3n) is 1.77. The highest BCUT2D eigenvalue weighted by atomic mass is 16.5. The molecule has 0 unspecified atom stereocenters. The van der Waals surface area contributed by atoms with E-state index in [4.69, 9.17) is 4.74 Å². The summed E-state index contributed by atoms with van der Waals surface area (Å²) in [5.74, 6) is 0.00799. The largest absolute Gasteiger partial charge is 0.427 e. The van der Waals surface area contributed by atoms with Gasteiger partial charge in [0.25, 0.3) is 0 Å². The van der Waals surface area contributed by atoms with Crippen LogP contribution in [0, 0.1) is 0 Å². The van der Waals surface area contributed by atoms with Gasteiger partial charge in [-0.3, -0.25) is 4.79 Å². The molecule has 1 aromatic rings. The monoisotopic (exact) mass is 236 g/mol. The van der Waals surface area contributed by atoms with E-state index < -0.39 is 5.97 Å². The van der Waals surface area contributed by atoms with Gasteiger partial charge in [0.05, 0.1) is 0 Å². The number of ether oxygens (including phenoxy) is 1. The van der Waals surface area contributed by atoms with Crippen LogP contribution >= 0.6 is 0 Å². The maximum absolute atomic E-state index is 11.4. The molecule has 0 saturated heterocycles. The lowest BCUT2D eigenvalue weighted by Gasteiger charge is -2.10. The molecule has 0 radical (unpaired) electrons. The van der Waals surface area contributed by atoms with E-state index in [1.54, 1.807) is 24.3 Å². The number of nitrogens with one attached hydrogen (secondary N) is 2. The quantitative estimate of drug-likeness (QED) is 0.624. The fraction of sp³-hybridized carbons (Fsp3) is 0.333. The number of esters is 1. The van der Waals surface area contributed by atoms with Gasteiger partial charge in [-0.25, -0.2) is 4.79 Å². The Morgan fingerprint density at radius 1 is 1.29 bits per heavy atom. The topological polar surface area (TPSA) is 67.4 Å². The molecule has 1 aromatic carbocycles. The van der Waals surface area contributed by atoms with Gasteiger partial charge in [-0.2, -0.15) is 0 Å². The van der Waals surface area contributed by atoms with E-state index in [1.165, 1.54) is 6.92 Å². The number of urea groups is 1. The van der Waals surface area contributed by atoms with Crippen molar-refractivity contribution in [2.24, 2.45) is 0 Å². The summed E-state index contributed by atoms with van der Waals surface area (Å²) in [7, 11) is 0. The summed E-state index contributed by atoms with van der Waals surface area (Å²) in [5.41, 5.74) is 0.571. The molecule has 1 rings (SSSR count). The summed E-state index contributed by atoms with van der Waals surface area (Å²) in [4.78, 5) is 22.2. The second-order valence-corrected chi connectivity index (χ2v) is 3.87. The van der Waals surface area contributed by atoms with Gasteiger partial charge in [0, 0.05) is 24.7 Å². The third kappa shape index (κ3) is 5.01. The van der Waals surface area contributed by atoms with E-state index in [2.05, 4.69) is 10.6 Å². The molecule has 0 saturated carbocycles. The first kappa shape index (κ1) is 13.0. The predicted octanol–water partition coefficient (Wildman–Crippen LogP) is 2.14. The van der Waals surface area contributed by atoms with Crippen LogP contribution in [0.4, 0.5) is 10.5 Å². The van der Waals surface area contributed by atoms with Crippen LogP contribution in [0.3, 0.4) is 0 Å². The highest BCUT2D eigenvalue weighted by molar-refractivity contribution is 5.89. The average Bonchev–Trinajstić information content (AvgIpc) is 2.14. The second-order valence-electron chi connectivity index (χ2n) is 3.87. The molecule has 0 aliphatic heterocycles. The van der Waals surface area contributed by atoms with Crippen LogP contribution < -0.4 is 15.4 Å². The summed E-state index contributed by atoms with van der Waals surface area (Å²) in [6, 6.07) is 6.41. The van der Waals surface area contributed by atoms with Crippen molar-refractivity contribution in [3.63, 3.8) is 0 Å². The van der Waals surface area contributed by atoms with E-state index in [0.29, 0.717) is 11.4 Å². The molecule has 2 N–H and O–H groups in total. The van der Waals surface area contributed by atoms with Gasteiger partial charge in [-0.1, -0.05) is 6.07 Å². The summed E-state index contributed by atoms with van der Waals surface area (Å²) < 4.78 is 4.91. The molecule has 0 fully saturated rings. The van der Waals surface area contributed by atoms with Crippen molar-refractivity contribution in [2.45, 2.75) is 26.8 Å². The Kier molecular flexibility index (Phi) is 4.51. The van der Waals surface area contributed by atoms with E-state index >= 15 is 0 Å². The molecular formula is C12H16N2O3. The highest BCUT2D eigenvalue weighted by Crippen LogP contribution is 2.17. The Balaban J connectivity index is 2.65. The van der Waals surface area contributed by atoms with E-state index in [9.17, 15) is 9.59 Å². The van der Waals surface area contributed by atoms with Crippen LogP contribution in [-0.4, -0.2) is 18.0 Å². The average molecular weight is 236 g/mol. The molecule has 92 valence electrons. The predicted molar refractivity (Wildman–Crippen MR) is 65.0 cm³/mol. The summed E-state index contributed by atoms with van der Waals surface area (Å²) in [5, 5.41) is 5.34. The molecular weight excluding hydrogens is 220 g/mol. The maximum Gasteiger partial charge on any atom is 0.319 e. The normalized spacial score (nSPS) is 9.88. The molecule has 17 heavy (non-hydrogen) atoms. The van der Waals surface area contributed by atoms with Crippen molar-refractivity contribution in [3.05, 3.63) is 24.3 Å². The standard InChI is InChI=1S/C12H16N2O3/c1-8(2)13-12(16)14-10-5-4-6-11(7-10)17-9(3)15/h4-8H,1-3H3,(H2,13,14,16). The Morgan fingerprint density at radius 2 is 2.00 bits per heavy atom. The van der Waals surface area contributed by atoms with E-state index in [1.807, 2.05) is 13.8 Å². The molecule has 5 nitrogen and oxygen atoms in total. The lowest BCUT2D eigenvalue weighted by Crippen LogP contribution is -2.34. The van der Waals surface area contributed by atoms with Gasteiger partial charge < -0.3 is 15.4 Å². The van der Waals surface area contributed by atoms with Gasteiger partial charge in [-0.05, 0) is 26.0 Å². The van der Waals surface area contributed by atoms with E-state index in [0.717, 1.165) is 0 Å². The first-order valence-corrected chi connectivity index (χ1v) is 5.33. The third-order valence-corrected chi connectivity index (χ3v) is 1.77. The Morgan fingerprint density at radius 3 is 2.59 bits per heavy atom. The summed E-state index contributed by atoms with van der Waals surface area (Å²) in [6.45, 7) is 5.06. The van der Waals surface area contributed by atoms with E-state index in [-0.39, 0.29) is 12.1 Å². The zero-order chi connectivity index (χ0) is 12.8. The van der Waals surface area contributed by atoms with Gasteiger partial charge in [0.1, 0.15) is 5.75 Å². The number of benzene rings is 1. The number of carbonyl (C=O) groups excluding carboxylic acids is 2. The van der Waals surface area contributed by atoms with Crippen LogP contribution in [0.1, 0.15) is 20.8 Å². The Hall–Kier alpha value is -2.04. The minimum Gasteiger partial charge on any atom is -0.427 e. The molecule has 0 aromatic heterocycles. The molecule has 0 bridgehead atoms. The second kappa shape index (κ2) is 5.89. The SMILES string of the molecule is CC(=O)Oc1cccc(NC(=O)NC(C)C)c1. The first-order valence-electron chi connectivity index (χ1n) is 5.33. The van der Waals surface area contributed by atoms with Crippen molar-refractivity contribution in [1.82, 2.24) is 5.32 Å². The van der Waals surface area contributed by atoms with Gasteiger partial charge >= 0.3 is 12.0 Å². The lowest BCUT2D eigenvalue weighted by molar-refractivity contribution is -0.131. The molecule has 0 atom stereocenters. The van der Waals surface area contributed by atoms with Crippen LogP contribution in [-0.2, 0) is 4.79 Å². The van der Waals surface area contributed by atoms with Crippen LogP contribution in [0.5, 0.6) is 5.75 Å². The lowest BCUT2D eigenvalue weighted by atomic mass is 10.3. The van der Waals surface area contributed by atoms with Crippen molar-refractivity contribution >= 4 is 17.7 Å². The number of hydrogen-bond donors (Lipinski definition) is 2. The Bertz CT molecular complexity index is 416. The minimum absolute atomic E-state index is 0.0617. The molecule has 5 heteroatoms. The molecule has 0 aliphatic carbocycles. The van der Waals surface area contributed by atoms with Gasteiger partial charge in [-0.15, -0.1) is 0 Å². The smallest absolute Gasteiger partial charge is 0.319 e. The number of carbonyl (C=O) groups is 2. The number of anilines is 1. The van der Waals surface area contributed by atoms with Crippen LogP contribution in [0.25, 0.3) is 0 Å². The fourth-order valence-corrected chi connectivity index (χ4v) is 1.23. The van der Waals surface area contributed by atoms with Crippen molar-refractivity contribution < 1.29 is 14.3 Å². The fourth-order valence-electron chi connectivity index (χ4n) is 1.23. The van der Waals surface area contributed by atoms with Gasteiger partial charge in [0.2, 0.25) is 0 Å². The number of rotatable bonds is 3. The molecule has 0 aliphatic rings. The van der Waals surface area contributed by atoms with Crippen molar-refractivity contribution in [3.8, 4) is 5.75 Å². The summed E-state index contributed by atoms with van der Waals surface area (Å²) in [6.07, 6.45) is 0. The minimum atomic E-state index is -0.395. The maximum atomic E-state index is 11.4. The van der Waals surface area contributed by atoms with Crippen molar-refractivity contribution in [1.29, 1.82) is 0 Å². The highest BCUT2D eigenvalue weighted by Gasteiger charge is 2.04. The molecule has 0 heterocycles. The first-order chi connectivity index (χ1) is 7.97. The van der Waals surface area contributed by atoms with Crippen LogP contribution in [0.2, 0.25) is 0 Å². The number of hydrogen-bond acceptors (Lipinski definition) is 3. The van der Waals surface area contributed by atoms with Crippen molar-refractivity contribution in [2.75, 3.05) is 5.32 Å². The van der Waals surface area contributed by atoms with Crippen LogP contribution in [0.15, 0.2) is 24.3 Å².